The minimum atomic E-state index is -4.52. The number of rotatable bonds is 9. The van der Waals surface area contributed by atoms with Crippen LogP contribution in [-0.2, 0) is 11.2 Å². The second kappa shape index (κ2) is 9.60. The van der Waals surface area contributed by atoms with Gasteiger partial charge in [-0.25, -0.2) is 0 Å². The molecule has 1 aliphatic rings. The molecule has 0 aliphatic carbocycles. The van der Waals surface area contributed by atoms with Crippen LogP contribution < -0.4 is 5.43 Å². The zero-order valence-corrected chi connectivity index (χ0v) is 18.7. The third kappa shape index (κ3) is 5.40. The molecule has 0 saturated carbocycles. The second-order valence-electron chi connectivity index (χ2n) is 9.21. The van der Waals surface area contributed by atoms with E-state index in [1.165, 1.54) is 6.42 Å². The van der Waals surface area contributed by atoms with Crippen LogP contribution in [0.1, 0.15) is 82.9 Å². The lowest BCUT2D eigenvalue weighted by Crippen LogP contribution is -2.51. The van der Waals surface area contributed by atoms with Crippen molar-refractivity contribution in [2.45, 2.75) is 89.9 Å². The van der Waals surface area contributed by atoms with Gasteiger partial charge in [-0.1, -0.05) is 75.4 Å². The Bertz CT molecular complexity index is 907. The fourth-order valence-electron chi connectivity index (χ4n) is 4.65. The molecule has 2 aromatic rings. The van der Waals surface area contributed by atoms with Crippen molar-refractivity contribution in [1.82, 2.24) is 10.4 Å². The molecule has 170 valence electrons. The van der Waals surface area contributed by atoms with Gasteiger partial charge >= 0.3 is 6.18 Å². The van der Waals surface area contributed by atoms with Crippen molar-refractivity contribution in [1.29, 1.82) is 0 Å². The number of nitrogens with zero attached hydrogens (tertiary/aromatic N) is 1. The van der Waals surface area contributed by atoms with Gasteiger partial charge in [-0.15, -0.1) is 0 Å². The summed E-state index contributed by atoms with van der Waals surface area (Å²) in [7, 11) is 0. The molecule has 1 atom stereocenters. The number of halogens is 3. The first kappa shape index (κ1) is 23.6. The van der Waals surface area contributed by atoms with Crippen LogP contribution in [0.4, 0.5) is 13.2 Å². The average Bonchev–Trinajstić information content (AvgIpc) is 2.96. The van der Waals surface area contributed by atoms with E-state index < -0.39 is 17.8 Å². The number of nitrogens with one attached hydrogen (secondary N) is 1. The number of hydrogen-bond acceptors (Lipinski definition) is 2. The number of amides is 1. The number of unbranched alkanes of at least 4 members (excludes halogenated alkanes) is 5. The Morgan fingerprint density at radius 1 is 1.03 bits per heavy atom. The smallest absolute Gasteiger partial charge is 0.287 e. The van der Waals surface area contributed by atoms with Gasteiger partial charge in [0.15, 0.2) is 6.04 Å². The zero-order chi connectivity index (χ0) is 22.6. The quantitative estimate of drug-likeness (QED) is 0.437. The normalized spacial score (nSPS) is 17.8. The number of hydrogen-bond donors (Lipinski definition) is 1. The minimum Gasteiger partial charge on any atom is -0.287 e. The third-order valence-electron chi connectivity index (χ3n) is 6.21. The number of hydrazine groups is 1. The molecule has 0 radical (unpaired) electrons. The Hall–Kier alpha value is -2.08. The maximum absolute atomic E-state index is 14.4. The molecule has 0 aromatic heterocycles. The highest BCUT2D eigenvalue weighted by Gasteiger charge is 2.53. The molecule has 1 heterocycles. The second-order valence-corrected chi connectivity index (χ2v) is 9.21. The summed E-state index contributed by atoms with van der Waals surface area (Å²) >= 11 is 0. The summed E-state index contributed by atoms with van der Waals surface area (Å²) in [4.78, 5) is 12.0. The Kier molecular flexibility index (Phi) is 7.30. The first-order valence-corrected chi connectivity index (χ1v) is 11.3. The third-order valence-corrected chi connectivity index (χ3v) is 6.21. The Labute approximate surface area is 183 Å². The molecular weight excluding hydrogens is 401 g/mol. The summed E-state index contributed by atoms with van der Waals surface area (Å²) in [5.74, 6) is -0.377. The molecule has 1 aliphatic heterocycles. The predicted molar refractivity (Wildman–Crippen MR) is 119 cm³/mol. The van der Waals surface area contributed by atoms with E-state index in [-0.39, 0.29) is 17.9 Å². The van der Waals surface area contributed by atoms with Crippen LogP contribution in [0, 0.1) is 0 Å². The largest absolute Gasteiger partial charge is 0.409 e. The monoisotopic (exact) mass is 434 g/mol. The van der Waals surface area contributed by atoms with Gasteiger partial charge in [0.1, 0.15) is 0 Å². The topological polar surface area (TPSA) is 32.3 Å². The van der Waals surface area contributed by atoms with Crippen LogP contribution in [0.3, 0.4) is 0 Å². The van der Waals surface area contributed by atoms with E-state index in [4.69, 9.17) is 0 Å². The summed E-state index contributed by atoms with van der Waals surface area (Å²) < 4.78 is 43.3. The lowest BCUT2D eigenvalue weighted by molar-refractivity contribution is -0.204. The van der Waals surface area contributed by atoms with E-state index in [0.717, 1.165) is 53.4 Å². The summed E-state index contributed by atoms with van der Waals surface area (Å²) in [6.07, 6.45) is 2.60. The first-order valence-electron chi connectivity index (χ1n) is 11.3. The van der Waals surface area contributed by atoms with Gasteiger partial charge < -0.3 is 0 Å². The van der Waals surface area contributed by atoms with Crippen LogP contribution >= 0.6 is 0 Å². The number of aryl methyl sites for hydroxylation is 1. The van der Waals surface area contributed by atoms with E-state index in [1.54, 1.807) is 26.0 Å². The molecule has 0 spiro atoms. The molecule has 1 N–H and O–H groups in total. The molecule has 1 unspecified atom stereocenters. The molecule has 31 heavy (non-hydrogen) atoms. The van der Waals surface area contributed by atoms with Gasteiger partial charge in [0, 0.05) is 12.0 Å². The lowest BCUT2D eigenvalue weighted by atomic mass is 9.88. The van der Waals surface area contributed by atoms with Crippen LogP contribution in [0.2, 0.25) is 0 Å². The standard InChI is InChI=1S/C25H33F3N2O/c1-4-5-6-7-8-9-14-20-19-13-11-10-12-18(19)15-16-21(20)23(25(26,27)28)30-24(2,3)17-22(31)29-30/h10-13,15-16,23H,4-9,14,17H2,1-3H3,(H,29,31). The van der Waals surface area contributed by atoms with Crippen molar-refractivity contribution >= 4 is 16.7 Å². The molecule has 2 aromatic carbocycles. The highest BCUT2D eigenvalue weighted by molar-refractivity contribution is 5.87. The van der Waals surface area contributed by atoms with Gasteiger partial charge in [-0.2, -0.15) is 18.2 Å². The maximum atomic E-state index is 14.4. The molecule has 3 nitrogen and oxygen atoms in total. The van der Waals surface area contributed by atoms with Crippen LogP contribution in [0.25, 0.3) is 10.8 Å². The average molecular weight is 435 g/mol. The van der Waals surface area contributed by atoms with E-state index >= 15 is 0 Å². The van der Waals surface area contributed by atoms with Crippen molar-refractivity contribution in [3.8, 4) is 0 Å². The highest BCUT2D eigenvalue weighted by atomic mass is 19.4. The van der Waals surface area contributed by atoms with E-state index in [2.05, 4.69) is 12.3 Å². The van der Waals surface area contributed by atoms with Crippen LogP contribution in [0.15, 0.2) is 36.4 Å². The van der Waals surface area contributed by atoms with Crippen LogP contribution in [0.5, 0.6) is 0 Å². The highest BCUT2D eigenvalue weighted by Crippen LogP contribution is 2.45. The van der Waals surface area contributed by atoms with E-state index in [1.807, 2.05) is 24.3 Å². The number of fused-ring (bicyclic) bond motifs is 1. The molecule has 1 saturated heterocycles. The summed E-state index contributed by atoms with van der Waals surface area (Å²) in [6.45, 7) is 5.52. The summed E-state index contributed by atoms with van der Waals surface area (Å²) in [5, 5.41) is 2.92. The molecular formula is C25H33F3N2O. The first-order chi connectivity index (χ1) is 14.6. The van der Waals surface area contributed by atoms with Gasteiger partial charge in [0.05, 0.1) is 0 Å². The van der Waals surface area contributed by atoms with Crippen LogP contribution in [-0.4, -0.2) is 22.6 Å². The maximum Gasteiger partial charge on any atom is 0.409 e. The Morgan fingerprint density at radius 2 is 1.71 bits per heavy atom. The Morgan fingerprint density at radius 3 is 2.35 bits per heavy atom. The number of alkyl halides is 3. The van der Waals surface area contributed by atoms with Gasteiger partial charge in [0.2, 0.25) is 5.91 Å². The van der Waals surface area contributed by atoms with Crippen molar-refractivity contribution in [2.24, 2.45) is 0 Å². The summed E-state index contributed by atoms with van der Waals surface area (Å²) in [5.41, 5.74) is 2.55. The van der Waals surface area contributed by atoms with Crippen molar-refractivity contribution in [3.63, 3.8) is 0 Å². The van der Waals surface area contributed by atoms with E-state index in [0.29, 0.717) is 6.42 Å². The van der Waals surface area contributed by atoms with Gasteiger partial charge in [-0.05, 0) is 48.6 Å². The minimum absolute atomic E-state index is 0.0416. The molecule has 0 bridgehead atoms. The molecule has 1 amide bonds. The number of carbonyl (C=O) groups excluding carboxylic acids is 1. The fourth-order valence-corrected chi connectivity index (χ4v) is 4.65. The van der Waals surface area contributed by atoms with Gasteiger partial charge in [0.25, 0.3) is 0 Å². The lowest BCUT2D eigenvalue weighted by Gasteiger charge is -2.39. The van der Waals surface area contributed by atoms with Gasteiger partial charge in [-0.3, -0.25) is 10.2 Å². The molecule has 6 heteroatoms. The SMILES string of the molecule is CCCCCCCCc1c(C(N2NC(=O)CC2(C)C)C(F)(F)F)ccc2ccccc12. The molecule has 1 fully saturated rings. The van der Waals surface area contributed by atoms with Crippen molar-refractivity contribution in [3.05, 3.63) is 47.5 Å². The predicted octanol–water partition coefficient (Wildman–Crippen LogP) is 6.86. The van der Waals surface area contributed by atoms with Crippen molar-refractivity contribution in [2.75, 3.05) is 0 Å². The van der Waals surface area contributed by atoms with Crippen molar-refractivity contribution < 1.29 is 18.0 Å². The fraction of sp³-hybridized carbons (Fsp3) is 0.560. The molecule has 3 rings (SSSR count). The zero-order valence-electron chi connectivity index (χ0n) is 18.7. The number of benzene rings is 2. The number of carbonyl (C=O) groups is 1. The summed E-state index contributed by atoms with van der Waals surface area (Å²) in [6, 6.07) is 9.11. The van der Waals surface area contributed by atoms with E-state index in [9.17, 15) is 18.0 Å². The Balaban J connectivity index is 2.00.